The topological polar surface area (TPSA) is 87.6 Å². The third-order valence-corrected chi connectivity index (χ3v) is 5.16. The molecule has 0 atom stereocenters. The van der Waals surface area contributed by atoms with Crippen LogP contribution in [0.15, 0.2) is 58.5 Å². The summed E-state index contributed by atoms with van der Waals surface area (Å²) < 4.78 is 27.3. The second-order valence-electron chi connectivity index (χ2n) is 5.31. The summed E-state index contributed by atoms with van der Waals surface area (Å²) in [6.45, 7) is 3.18. The Morgan fingerprint density at radius 3 is 2.32 bits per heavy atom. The van der Waals surface area contributed by atoms with Crippen molar-refractivity contribution in [1.29, 1.82) is 0 Å². The minimum absolute atomic E-state index is 0.104. The number of nitrogens with zero attached hydrogens (tertiary/aromatic N) is 1. The van der Waals surface area contributed by atoms with Crippen molar-refractivity contribution in [2.24, 2.45) is 5.10 Å². The van der Waals surface area contributed by atoms with Gasteiger partial charge in [0.05, 0.1) is 10.6 Å². The van der Waals surface area contributed by atoms with Crippen molar-refractivity contribution < 1.29 is 13.2 Å². The van der Waals surface area contributed by atoms with Crippen molar-refractivity contribution in [3.63, 3.8) is 0 Å². The average Bonchev–Trinajstić information content (AvgIpc) is 2.59. The maximum atomic E-state index is 12.4. The standard InChI is InChI=1S/C17H18ClN3O3S/c1-12(20-21-13(2)22)14-7-9-16(10-8-14)25(23,24)19-11-15-5-3-4-6-17(15)18/h3-10,19H,11H2,1-2H3,(H,21,22)/b20-12-. The molecule has 25 heavy (non-hydrogen) atoms. The Balaban J connectivity index is 2.11. The summed E-state index contributed by atoms with van der Waals surface area (Å²) in [5, 5.41) is 4.41. The number of nitrogens with one attached hydrogen (secondary N) is 2. The molecule has 0 saturated heterocycles. The Hall–Kier alpha value is -2.22. The van der Waals surface area contributed by atoms with E-state index < -0.39 is 10.0 Å². The lowest BCUT2D eigenvalue weighted by Crippen LogP contribution is -2.23. The highest BCUT2D eigenvalue weighted by Crippen LogP contribution is 2.16. The predicted molar refractivity (Wildman–Crippen MR) is 97.9 cm³/mol. The van der Waals surface area contributed by atoms with Crippen molar-refractivity contribution in [2.75, 3.05) is 0 Å². The molecule has 0 aliphatic heterocycles. The zero-order chi connectivity index (χ0) is 18.4. The average molecular weight is 380 g/mol. The van der Waals surface area contributed by atoms with Crippen LogP contribution < -0.4 is 10.1 Å². The van der Waals surface area contributed by atoms with Crippen LogP contribution in [0.2, 0.25) is 5.02 Å². The molecule has 0 heterocycles. The number of amides is 1. The molecule has 2 rings (SSSR count). The molecule has 6 nitrogen and oxygen atoms in total. The highest BCUT2D eigenvalue weighted by Gasteiger charge is 2.14. The minimum Gasteiger partial charge on any atom is -0.274 e. The van der Waals surface area contributed by atoms with Gasteiger partial charge in [0.1, 0.15) is 0 Å². The summed E-state index contributed by atoms with van der Waals surface area (Å²) >= 11 is 6.03. The van der Waals surface area contributed by atoms with Gasteiger partial charge in [0.15, 0.2) is 0 Å². The quantitative estimate of drug-likeness (QED) is 0.597. The fourth-order valence-electron chi connectivity index (χ4n) is 2.00. The lowest BCUT2D eigenvalue weighted by atomic mass is 10.1. The molecule has 0 aromatic heterocycles. The number of hydrazone groups is 1. The summed E-state index contributed by atoms with van der Waals surface area (Å²) in [7, 11) is -3.66. The van der Waals surface area contributed by atoms with E-state index >= 15 is 0 Å². The zero-order valence-electron chi connectivity index (χ0n) is 13.8. The number of benzene rings is 2. The first-order valence-corrected chi connectivity index (χ1v) is 9.30. The summed E-state index contributed by atoms with van der Waals surface area (Å²) in [5.41, 5.74) is 4.31. The third kappa shape index (κ3) is 5.38. The summed E-state index contributed by atoms with van der Waals surface area (Å²) in [4.78, 5) is 11.0. The van der Waals surface area contributed by atoms with Crippen LogP contribution in [0.4, 0.5) is 0 Å². The van der Waals surface area contributed by atoms with Gasteiger partial charge in [-0.2, -0.15) is 5.10 Å². The normalized spacial score (nSPS) is 12.0. The first kappa shape index (κ1) is 19.1. The van der Waals surface area contributed by atoms with Gasteiger partial charge in [-0.15, -0.1) is 0 Å². The molecule has 0 aliphatic carbocycles. The van der Waals surface area contributed by atoms with E-state index in [1.807, 2.05) is 0 Å². The van der Waals surface area contributed by atoms with E-state index in [2.05, 4.69) is 15.2 Å². The highest BCUT2D eigenvalue weighted by atomic mass is 35.5. The number of halogens is 1. The van der Waals surface area contributed by atoms with Gasteiger partial charge in [-0.25, -0.2) is 18.6 Å². The van der Waals surface area contributed by atoms with E-state index in [-0.39, 0.29) is 17.3 Å². The SMILES string of the molecule is CC(=O)N/N=C(/C)c1ccc(S(=O)(=O)NCc2ccccc2Cl)cc1. The van der Waals surface area contributed by atoms with Gasteiger partial charge in [0.25, 0.3) is 0 Å². The Morgan fingerprint density at radius 1 is 1.08 bits per heavy atom. The van der Waals surface area contributed by atoms with Gasteiger partial charge in [-0.1, -0.05) is 41.9 Å². The van der Waals surface area contributed by atoms with E-state index in [9.17, 15) is 13.2 Å². The van der Waals surface area contributed by atoms with Crippen molar-refractivity contribution in [3.8, 4) is 0 Å². The maximum Gasteiger partial charge on any atom is 0.240 e. The lowest BCUT2D eigenvalue weighted by molar-refractivity contribution is -0.118. The molecule has 2 aromatic carbocycles. The second-order valence-corrected chi connectivity index (χ2v) is 7.48. The van der Waals surface area contributed by atoms with Crippen molar-refractivity contribution >= 4 is 33.2 Å². The molecule has 0 saturated carbocycles. The Labute approximate surface area is 152 Å². The highest BCUT2D eigenvalue weighted by molar-refractivity contribution is 7.89. The summed E-state index contributed by atoms with van der Waals surface area (Å²) in [5.74, 6) is -0.276. The third-order valence-electron chi connectivity index (χ3n) is 3.37. The fourth-order valence-corrected chi connectivity index (χ4v) is 3.21. The largest absolute Gasteiger partial charge is 0.274 e. The number of rotatable bonds is 6. The van der Waals surface area contributed by atoms with E-state index in [4.69, 9.17) is 11.6 Å². The van der Waals surface area contributed by atoms with Gasteiger partial charge >= 0.3 is 0 Å². The molecule has 0 spiro atoms. The van der Waals surface area contributed by atoms with Gasteiger partial charge in [-0.05, 0) is 36.2 Å². The Kier molecular flexibility index (Phi) is 6.30. The molecular weight excluding hydrogens is 362 g/mol. The molecule has 0 aliphatic rings. The van der Waals surface area contributed by atoms with Crippen LogP contribution >= 0.6 is 11.6 Å². The summed E-state index contributed by atoms with van der Waals surface area (Å²) in [6, 6.07) is 13.3. The molecule has 2 aromatic rings. The van der Waals surface area contributed by atoms with Crippen LogP contribution in [0.3, 0.4) is 0 Å². The van der Waals surface area contributed by atoms with Crippen LogP contribution in [0.25, 0.3) is 0 Å². The molecule has 0 unspecified atom stereocenters. The van der Waals surface area contributed by atoms with E-state index in [1.165, 1.54) is 19.1 Å². The van der Waals surface area contributed by atoms with Gasteiger partial charge < -0.3 is 0 Å². The van der Waals surface area contributed by atoms with Crippen LogP contribution in [0.5, 0.6) is 0 Å². The van der Waals surface area contributed by atoms with Crippen LogP contribution in [-0.2, 0) is 21.4 Å². The van der Waals surface area contributed by atoms with Crippen molar-refractivity contribution in [3.05, 3.63) is 64.7 Å². The molecular formula is C17H18ClN3O3S. The van der Waals surface area contributed by atoms with E-state index in [1.54, 1.807) is 43.3 Å². The number of carbonyl (C=O) groups is 1. The first-order chi connectivity index (χ1) is 11.8. The monoisotopic (exact) mass is 379 g/mol. The van der Waals surface area contributed by atoms with Crippen LogP contribution in [-0.4, -0.2) is 20.0 Å². The van der Waals surface area contributed by atoms with E-state index in [0.29, 0.717) is 21.9 Å². The molecule has 132 valence electrons. The van der Waals surface area contributed by atoms with Gasteiger partial charge in [0, 0.05) is 18.5 Å². The smallest absolute Gasteiger partial charge is 0.240 e. The number of hydrogen-bond donors (Lipinski definition) is 2. The molecule has 0 radical (unpaired) electrons. The molecule has 0 bridgehead atoms. The minimum atomic E-state index is -3.66. The Bertz CT molecular complexity index is 894. The zero-order valence-corrected chi connectivity index (χ0v) is 15.4. The lowest BCUT2D eigenvalue weighted by Gasteiger charge is -2.09. The predicted octanol–water partition coefficient (Wildman–Crippen LogP) is 2.68. The molecule has 0 fully saturated rings. The number of hydrogen-bond acceptors (Lipinski definition) is 4. The van der Waals surface area contributed by atoms with Crippen molar-refractivity contribution in [2.45, 2.75) is 25.3 Å². The van der Waals surface area contributed by atoms with Gasteiger partial charge in [-0.3, -0.25) is 4.79 Å². The molecule has 1 amide bonds. The first-order valence-electron chi connectivity index (χ1n) is 7.44. The van der Waals surface area contributed by atoms with Crippen LogP contribution in [0, 0.1) is 0 Å². The van der Waals surface area contributed by atoms with Crippen LogP contribution in [0.1, 0.15) is 25.0 Å². The fraction of sp³-hybridized carbons (Fsp3) is 0.176. The Morgan fingerprint density at radius 2 is 1.72 bits per heavy atom. The second kappa shape index (κ2) is 8.24. The molecule has 2 N–H and O–H groups in total. The maximum absolute atomic E-state index is 12.4. The number of sulfonamides is 1. The summed E-state index contributed by atoms with van der Waals surface area (Å²) in [6.07, 6.45) is 0. The molecule has 8 heteroatoms. The van der Waals surface area contributed by atoms with Crippen molar-refractivity contribution in [1.82, 2.24) is 10.1 Å². The number of carbonyl (C=O) groups excluding carboxylic acids is 1. The van der Waals surface area contributed by atoms with E-state index in [0.717, 1.165) is 0 Å². The van der Waals surface area contributed by atoms with Gasteiger partial charge in [0.2, 0.25) is 15.9 Å².